The highest BCUT2D eigenvalue weighted by Gasteiger charge is 2.06. The lowest BCUT2D eigenvalue weighted by atomic mass is 10.1. The minimum Gasteiger partial charge on any atom is -0.347 e. The van der Waals surface area contributed by atoms with E-state index in [4.69, 9.17) is 0 Å². The summed E-state index contributed by atoms with van der Waals surface area (Å²) >= 11 is 0. The van der Waals surface area contributed by atoms with Gasteiger partial charge in [-0.3, -0.25) is 4.79 Å². The number of rotatable bonds is 5. The number of carbonyl (C=O) groups is 1. The van der Waals surface area contributed by atoms with Crippen LogP contribution in [0.4, 0.5) is 0 Å². The molecule has 0 aliphatic rings. The van der Waals surface area contributed by atoms with E-state index in [1.165, 1.54) is 6.26 Å². The minimum absolute atomic E-state index is 0.181. The van der Waals surface area contributed by atoms with E-state index in [-0.39, 0.29) is 5.75 Å². The van der Waals surface area contributed by atoms with Crippen molar-refractivity contribution in [2.45, 2.75) is 13.0 Å². The van der Waals surface area contributed by atoms with Crippen molar-refractivity contribution in [2.24, 2.45) is 0 Å². The molecule has 18 heavy (non-hydrogen) atoms. The maximum atomic E-state index is 11.1. The Morgan fingerprint density at radius 3 is 2.72 bits per heavy atom. The fraction of sp³-hybridized carbons (Fsp3) is 0.308. The van der Waals surface area contributed by atoms with E-state index in [1.807, 2.05) is 29.0 Å². The van der Waals surface area contributed by atoms with Crippen LogP contribution in [0.25, 0.3) is 10.9 Å². The molecular weight excluding hydrogens is 250 g/mol. The molecule has 0 aliphatic heterocycles. The molecule has 96 valence electrons. The quantitative estimate of drug-likeness (QED) is 0.776. The van der Waals surface area contributed by atoms with E-state index in [2.05, 4.69) is 0 Å². The van der Waals surface area contributed by atoms with Crippen molar-refractivity contribution in [1.29, 1.82) is 0 Å². The standard InChI is InChI=1S/C13H15NO3S/c1-18(16,17)9-3-7-14-8-6-12-11(10-15)4-2-5-13(12)14/h2,4-6,8,10H,3,7,9H2,1H3. The normalized spacial score (nSPS) is 11.8. The van der Waals surface area contributed by atoms with Gasteiger partial charge in [0.05, 0.1) is 5.75 Å². The summed E-state index contributed by atoms with van der Waals surface area (Å²) in [5.41, 5.74) is 1.63. The van der Waals surface area contributed by atoms with Crippen molar-refractivity contribution in [2.75, 3.05) is 12.0 Å². The van der Waals surface area contributed by atoms with Crippen molar-refractivity contribution in [3.8, 4) is 0 Å². The molecule has 1 aromatic heterocycles. The van der Waals surface area contributed by atoms with Crippen molar-refractivity contribution in [1.82, 2.24) is 4.57 Å². The van der Waals surface area contributed by atoms with Crippen LogP contribution in [0.2, 0.25) is 0 Å². The number of hydrogen-bond acceptors (Lipinski definition) is 3. The molecule has 1 aromatic carbocycles. The van der Waals surface area contributed by atoms with Crippen molar-refractivity contribution >= 4 is 27.0 Å². The zero-order valence-electron chi connectivity index (χ0n) is 10.2. The van der Waals surface area contributed by atoms with Crippen LogP contribution in [-0.2, 0) is 16.4 Å². The monoisotopic (exact) mass is 265 g/mol. The van der Waals surface area contributed by atoms with Crippen LogP contribution in [0.1, 0.15) is 16.8 Å². The number of aryl methyl sites for hydroxylation is 1. The van der Waals surface area contributed by atoms with E-state index in [0.29, 0.717) is 18.5 Å². The third-order valence-electron chi connectivity index (χ3n) is 2.89. The molecule has 0 saturated heterocycles. The van der Waals surface area contributed by atoms with E-state index >= 15 is 0 Å². The second-order valence-corrected chi connectivity index (χ2v) is 6.65. The summed E-state index contributed by atoms with van der Waals surface area (Å²) in [5, 5.41) is 0.909. The van der Waals surface area contributed by atoms with Gasteiger partial charge in [-0.05, 0) is 18.6 Å². The molecule has 0 radical (unpaired) electrons. The van der Waals surface area contributed by atoms with Gasteiger partial charge in [-0.2, -0.15) is 0 Å². The Labute approximate surface area is 106 Å². The molecule has 4 nitrogen and oxygen atoms in total. The maximum Gasteiger partial charge on any atom is 0.150 e. The van der Waals surface area contributed by atoms with Gasteiger partial charge in [0.1, 0.15) is 9.84 Å². The first-order chi connectivity index (χ1) is 8.51. The zero-order chi connectivity index (χ0) is 13.2. The summed E-state index contributed by atoms with van der Waals surface area (Å²) in [7, 11) is -2.91. The summed E-state index contributed by atoms with van der Waals surface area (Å²) in [6, 6.07) is 7.43. The molecule has 2 rings (SSSR count). The molecule has 0 bridgehead atoms. The SMILES string of the molecule is CS(=O)(=O)CCCn1ccc2c(C=O)cccc21. The summed E-state index contributed by atoms with van der Waals surface area (Å²) in [4.78, 5) is 10.9. The molecule has 0 amide bonds. The first kappa shape index (κ1) is 12.8. The zero-order valence-corrected chi connectivity index (χ0v) is 11.0. The van der Waals surface area contributed by atoms with Crippen molar-refractivity contribution in [3.63, 3.8) is 0 Å². The van der Waals surface area contributed by atoms with Gasteiger partial charge in [-0.15, -0.1) is 0 Å². The summed E-state index contributed by atoms with van der Waals surface area (Å²) in [6.07, 6.45) is 4.54. The molecule has 1 heterocycles. The van der Waals surface area contributed by atoms with Gasteiger partial charge >= 0.3 is 0 Å². The minimum atomic E-state index is -2.91. The molecule has 0 spiro atoms. The lowest BCUT2D eigenvalue weighted by Gasteiger charge is -2.05. The molecule has 0 saturated carbocycles. The van der Waals surface area contributed by atoms with E-state index in [0.717, 1.165) is 17.2 Å². The lowest BCUT2D eigenvalue weighted by Crippen LogP contribution is -2.06. The number of nitrogens with zero attached hydrogens (tertiary/aromatic N) is 1. The number of fused-ring (bicyclic) bond motifs is 1. The van der Waals surface area contributed by atoms with E-state index in [1.54, 1.807) is 6.07 Å². The average molecular weight is 265 g/mol. The largest absolute Gasteiger partial charge is 0.347 e. The molecule has 5 heteroatoms. The fourth-order valence-electron chi connectivity index (χ4n) is 2.04. The molecule has 0 unspecified atom stereocenters. The van der Waals surface area contributed by atoms with E-state index in [9.17, 15) is 13.2 Å². The van der Waals surface area contributed by atoms with Crippen LogP contribution >= 0.6 is 0 Å². The topological polar surface area (TPSA) is 56.1 Å². The van der Waals surface area contributed by atoms with Gasteiger partial charge in [-0.1, -0.05) is 12.1 Å². The van der Waals surface area contributed by atoms with Crippen LogP contribution in [0.3, 0.4) is 0 Å². The predicted octanol–water partition coefficient (Wildman–Crippen LogP) is 1.89. The molecule has 0 fully saturated rings. The molecule has 0 atom stereocenters. The van der Waals surface area contributed by atoms with Gasteiger partial charge in [0, 0.05) is 35.5 Å². The van der Waals surface area contributed by atoms with Crippen LogP contribution in [0.5, 0.6) is 0 Å². The van der Waals surface area contributed by atoms with Gasteiger partial charge in [0.15, 0.2) is 6.29 Å². The Hall–Kier alpha value is -1.62. The summed E-state index contributed by atoms with van der Waals surface area (Å²) < 4.78 is 24.1. The van der Waals surface area contributed by atoms with Crippen LogP contribution in [0, 0.1) is 0 Å². The number of aromatic nitrogens is 1. The Bertz CT molecular complexity index is 671. The third kappa shape index (κ3) is 2.79. The van der Waals surface area contributed by atoms with Crippen LogP contribution in [0.15, 0.2) is 30.5 Å². The molecular formula is C13H15NO3S. The van der Waals surface area contributed by atoms with Crippen LogP contribution < -0.4 is 0 Å². The van der Waals surface area contributed by atoms with Crippen molar-refractivity contribution < 1.29 is 13.2 Å². The lowest BCUT2D eigenvalue weighted by molar-refractivity contribution is 0.112. The van der Waals surface area contributed by atoms with E-state index < -0.39 is 9.84 Å². The molecule has 0 aliphatic carbocycles. The summed E-state index contributed by atoms with van der Waals surface area (Å²) in [5.74, 6) is 0.181. The Balaban J connectivity index is 2.22. The second kappa shape index (κ2) is 4.94. The van der Waals surface area contributed by atoms with Crippen LogP contribution in [-0.4, -0.2) is 31.3 Å². The average Bonchev–Trinajstić information content (AvgIpc) is 2.71. The van der Waals surface area contributed by atoms with Gasteiger partial charge < -0.3 is 4.57 Å². The Morgan fingerprint density at radius 1 is 1.28 bits per heavy atom. The highest BCUT2D eigenvalue weighted by molar-refractivity contribution is 7.90. The second-order valence-electron chi connectivity index (χ2n) is 4.39. The fourth-order valence-corrected chi connectivity index (χ4v) is 2.70. The number of aldehydes is 1. The molecule has 2 aromatic rings. The maximum absolute atomic E-state index is 11.1. The Kier molecular flexibility index (Phi) is 3.52. The number of sulfone groups is 1. The predicted molar refractivity (Wildman–Crippen MR) is 71.7 cm³/mol. The number of hydrogen-bond donors (Lipinski definition) is 0. The Morgan fingerprint density at radius 2 is 2.06 bits per heavy atom. The van der Waals surface area contributed by atoms with Gasteiger partial charge in [0.2, 0.25) is 0 Å². The smallest absolute Gasteiger partial charge is 0.150 e. The highest BCUT2D eigenvalue weighted by atomic mass is 32.2. The molecule has 0 N–H and O–H groups in total. The van der Waals surface area contributed by atoms with Gasteiger partial charge in [0.25, 0.3) is 0 Å². The third-order valence-corrected chi connectivity index (χ3v) is 3.92. The number of carbonyl (C=O) groups excluding carboxylic acids is 1. The highest BCUT2D eigenvalue weighted by Crippen LogP contribution is 2.19. The first-order valence-corrected chi connectivity index (χ1v) is 7.78. The summed E-state index contributed by atoms with van der Waals surface area (Å²) in [6.45, 7) is 0.638. The van der Waals surface area contributed by atoms with Gasteiger partial charge in [-0.25, -0.2) is 8.42 Å². The van der Waals surface area contributed by atoms with Crippen molar-refractivity contribution in [3.05, 3.63) is 36.0 Å². The number of benzene rings is 1. The first-order valence-electron chi connectivity index (χ1n) is 5.72.